The average molecular weight is 480 g/mol. The van der Waals surface area contributed by atoms with Gasteiger partial charge in [-0.15, -0.1) is 0 Å². The second kappa shape index (κ2) is 11.2. The molecule has 2 aromatic carbocycles. The summed E-state index contributed by atoms with van der Waals surface area (Å²) in [6.45, 7) is -1.26. The summed E-state index contributed by atoms with van der Waals surface area (Å²) < 4.78 is 142. The Morgan fingerprint density at radius 1 is 0.375 bits per heavy atom. The molecule has 2 rings (SSSR count). The van der Waals surface area contributed by atoms with E-state index >= 15 is 0 Å². The van der Waals surface area contributed by atoms with Gasteiger partial charge in [0.2, 0.25) is 11.6 Å². The minimum atomic E-state index is -2.28. The van der Waals surface area contributed by atoms with E-state index in [1.165, 1.54) is 0 Å². The van der Waals surface area contributed by atoms with Gasteiger partial charge in [-0.3, -0.25) is 0 Å². The van der Waals surface area contributed by atoms with Gasteiger partial charge in [0.1, 0.15) is 11.4 Å². The maximum atomic E-state index is 13.4. The monoisotopic (exact) mass is 480 g/mol. The van der Waals surface area contributed by atoms with Crippen LogP contribution in [-0.2, 0) is 9.47 Å². The Bertz CT molecular complexity index is 838. The first-order valence-corrected chi connectivity index (χ1v) is 8.75. The van der Waals surface area contributed by atoms with Crippen molar-refractivity contribution in [2.24, 2.45) is 0 Å². The molecule has 32 heavy (non-hydrogen) atoms. The molecule has 0 spiro atoms. The van der Waals surface area contributed by atoms with Crippen molar-refractivity contribution >= 4 is 11.4 Å². The number of hydrogen-bond donors (Lipinski definition) is 2. The van der Waals surface area contributed by atoms with Crippen molar-refractivity contribution in [3.8, 4) is 0 Å². The highest BCUT2D eigenvalue weighted by Gasteiger charge is 2.26. The molecule has 0 saturated carbocycles. The third-order valence-electron chi connectivity index (χ3n) is 3.89. The Morgan fingerprint density at radius 2 is 0.625 bits per heavy atom. The molecular formula is C18H14F10N2O2. The number of anilines is 2. The first-order chi connectivity index (χ1) is 15.1. The fourth-order valence-corrected chi connectivity index (χ4v) is 2.34. The van der Waals surface area contributed by atoms with E-state index in [-0.39, 0.29) is 39.5 Å². The van der Waals surface area contributed by atoms with Gasteiger partial charge >= 0.3 is 0 Å². The molecule has 2 N–H and O–H groups in total. The number of nitrogens with one attached hydrogen (secondary N) is 2. The molecule has 2 aromatic rings. The van der Waals surface area contributed by atoms with Gasteiger partial charge in [-0.1, -0.05) is 0 Å². The van der Waals surface area contributed by atoms with Gasteiger partial charge in [-0.05, 0) is 0 Å². The lowest BCUT2D eigenvalue weighted by atomic mass is 10.2. The smallest absolute Gasteiger partial charge is 0.200 e. The van der Waals surface area contributed by atoms with Crippen molar-refractivity contribution in [2.45, 2.75) is 0 Å². The molecular weight excluding hydrogens is 466 g/mol. The Balaban J connectivity index is 1.66. The highest BCUT2D eigenvalue weighted by Crippen LogP contribution is 2.27. The van der Waals surface area contributed by atoms with Crippen LogP contribution < -0.4 is 10.6 Å². The van der Waals surface area contributed by atoms with Gasteiger partial charge in [-0.2, -0.15) is 0 Å². The summed E-state index contributed by atoms with van der Waals surface area (Å²) in [6.07, 6.45) is 0. The van der Waals surface area contributed by atoms with E-state index in [9.17, 15) is 43.9 Å². The second-order valence-electron chi connectivity index (χ2n) is 5.97. The van der Waals surface area contributed by atoms with Crippen LogP contribution in [0.4, 0.5) is 55.3 Å². The first-order valence-electron chi connectivity index (χ1n) is 8.75. The molecule has 0 aliphatic carbocycles. The van der Waals surface area contributed by atoms with Crippen LogP contribution in [0.5, 0.6) is 0 Å². The quantitative estimate of drug-likeness (QED) is 0.213. The van der Waals surface area contributed by atoms with E-state index in [1.54, 1.807) is 0 Å². The SMILES string of the molecule is Fc1c(F)c(F)c(NCCOCCOCCNc2c(F)c(F)c(F)c(F)c2F)c(F)c1F. The molecule has 0 aliphatic rings. The summed E-state index contributed by atoms with van der Waals surface area (Å²) in [4.78, 5) is 0. The van der Waals surface area contributed by atoms with E-state index in [2.05, 4.69) is 0 Å². The minimum absolute atomic E-state index is 0.0959. The van der Waals surface area contributed by atoms with Crippen LogP contribution in [0.1, 0.15) is 0 Å². The number of benzene rings is 2. The highest BCUT2D eigenvalue weighted by atomic mass is 19.2. The summed E-state index contributed by atoms with van der Waals surface area (Å²) >= 11 is 0. The molecule has 0 aromatic heterocycles. The molecule has 14 heteroatoms. The van der Waals surface area contributed by atoms with Crippen LogP contribution in [0.25, 0.3) is 0 Å². The summed E-state index contributed by atoms with van der Waals surface area (Å²) in [5, 5.41) is 4.02. The van der Waals surface area contributed by atoms with Crippen LogP contribution in [0.2, 0.25) is 0 Å². The molecule has 0 heterocycles. The molecule has 178 valence electrons. The fourth-order valence-electron chi connectivity index (χ4n) is 2.34. The van der Waals surface area contributed by atoms with Crippen LogP contribution >= 0.6 is 0 Å². The highest BCUT2D eigenvalue weighted by molar-refractivity contribution is 5.48. The normalized spacial score (nSPS) is 11.2. The predicted molar refractivity (Wildman–Crippen MR) is 91.1 cm³/mol. The number of halogens is 10. The Labute approximate surface area is 174 Å². The third kappa shape index (κ3) is 5.54. The minimum Gasteiger partial charge on any atom is -0.378 e. The average Bonchev–Trinajstić information content (AvgIpc) is 2.78. The number of hydrogen-bond acceptors (Lipinski definition) is 4. The third-order valence-corrected chi connectivity index (χ3v) is 3.89. The molecule has 0 radical (unpaired) electrons. The van der Waals surface area contributed by atoms with Gasteiger partial charge in [0, 0.05) is 13.1 Å². The van der Waals surface area contributed by atoms with Crippen LogP contribution in [0.15, 0.2) is 0 Å². The van der Waals surface area contributed by atoms with Crippen molar-refractivity contribution in [1.29, 1.82) is 0 Å². The standard InChI is InChI=1S/C18H14F10N2O2/c19-7-9(21)13(25)17(14(26)10(7)22)29-1-3-31-5-6-32-4-2-30-18-15(27)11(23)8(20)12(24)16(18)28/h29-30H,1-6H2. The summed E-state index contributed by atoms with van der Waals surface area (Å²) in [6, 6.07) is 0. The van der Waals surface area contributed by atoms with Gasteiger partial charge in [-0.25, -0.2) is 43.9 Å². The van der Waals surface area contributed by atoms with Crippen molar-refractivity contribution in [1.82, 2.24) is 0 Å². The van der Waals surface area contributed by atoms with Crippen LogP contribution in [-0.4, -0.2) is 39.5 Å². The fraction of sp³-hybridized carbons (Fsp3) is 0.333. The predicted octanol–water partition coefficient (Wildman–Crippen LogP) is 4.63. The zero-order valence-electron chi connectivity index (χ0n) is 15.8. The summed E-state index contributed by atoms with van der Waals surface area (Å²) in [5.41, 5.74) is -2.42. The molecule has 0 atom stereocenters. The molecule has 0 unspecified atom stereocenters. The van der Waals surface area contributed by atoms with E-state index in [0.717, 1.165) is 0 Å². The second-order valence-corrected chi connectivity index (χ2v) is 5.97. The Morgan fingerprint density at radius 3 is 0.906 bits per heavy atom. The number of rotatable bonds is 11. The van der Waals surface area contributed by atoms with E-state index in [1.807, 2.05) is 10.6 Å². The van der Waals surface area contributed by atoms with Crippen molar-refractivity contribution in [2.75, 3.05) is 50.2 Å². The largest absolute Gasteiger partial charge is 0.378 e. The maximum Gasteiger partial charge on any atom is 0.200 e. The topological polar surface area (TPSA) is 42.5 Å². The summed E-state index contributed by atoms with van der Waals surface area (Å²) in [7, 11) is 0. The Hall–Kier alpha value is -2.74. The van der Waals surface area contributed by atoms with E-state index < -0.39 is 69.5 Å². The van der Waals surface area contributed by atoms with E-state index in [0.29, 0.717) is 0 Å². The molecule has 0 saturated heterocycles. The Kier molecular flexibility index (Phi) is 8.95. The van der Waals surface area contributed by atoms with Gasteiger partial charge in [0.05, 0.1) is 26.4 Å². The number of ether oxygens (including phenoxy) is 2. The molecule has 0 fully saturated rings. The lowest BCUT2D eigenvalue weighted by Crippen LogP contribution is -2.18. The van der Waals surface area contributed by atoms with Crippen LogP contribution in [0.3, 0.4) is 0 Å². The van der Waals surface area contributed by atoms with Gasteiger partial charge in [0.25, 0.3) is 0 Å². The lowest BCUT2D eigenvalue weighted by molar-refractivity contribution is 0.0556. The maximum absolute atomic E-state index is 13.4. The molecule has 0 amide bonds. The zero-order valence-corrected chi connectivity index (χ0v) is 15.8. The van der Waals surface area contributed by atoms with E-state index in [4.69, 9.17) is 9.47 Å². The van der Waals surface area contributed by atoms with Crippen molar-refractivity contribution in [3.63, 3.8) is 0 Å². The van der Waals surface area contributed by atoms with Crippen LogP contribution in [0, 0.1) is 58.2 Å². The van der Waals surface area contributed by atoms with Crippen molar-refractivity contribution < 1.29 is 53.4 Å². The molecule has 0 bridgehead atoms. The molecule has 4 nitrogen and oxygen atoms in total. The zero-order chi connectivity index (χ0) is 24.0. The first kappa shape index (κ1) is 25.5. The van der Waals surface area contributed by atoms with Gasteiger partial charge in [0.15, 0.2) is 46.5 Å². The summed E-state index contributed by atoms with van der Waals surface area (Å²) in [5.74, 6) is -21.0. The van der Waals surface area contributed by atoms with Gasteiger partial charge < -0.3 is 20.1 Å². The molecule has 0 aliphatic heterocycles. The van der Waals surface area contributed by atoms with Crippen molar-refractivity contribution in [3.05, 3.63) is 58.2 Å². The lowest BCUT2D eigenvalue weighted by Gasteiger charge is -2.12.